The van der Waals surface area contributed by atoms with Crippen molar-refractivity contribution in [2.24, 2.45) is 23.2 Å². The molecule has 6 nitrogen and oxygen atoms in total. The number of unbranched alkanes of at least 4 members (excludes halogenated alkanes) is 1. The number of hydrogen-bond donors (Lipinski definition) is 2. The van der Waals surface area contributed by atoms with Crippen molar-refractivity contribution in [2.45, 2.75) is 89.6 Å². The maximum Gasteiger partial charge on any atom is 0.326 e. The fourth-order valence-electron chi connectivity index (χ4n) is 6.89. The highest BCUT2D eigenvalue weighted by Gasteiger charge is 2.56. The number of hydrogen-bond acceptors (Lipinski definition) is 3. The molecule has 1 saturated heterocycles. The molecule has 4 bridgehead atoms. The average Bonchev–Trinajstić information content (AvgIpc) is 3.12. The van der Waals surface area contributed by atoms with Crippen LogP contribution in [0, 0.1) is 23.2 Å². The van der Waals surface area contributed by atoms with E-state index in [1.807, 2.05) is 6.92 Å². The quantitative estimate of drug-likeness (QED) is 0.700. The molecule has 5 rings (SSSR count). The zero-order valence-corrected chi connectivity index (χ0v) is 17.0. The van der Waals surface area contributed by atoms with Crippen LogP contribution in [-0.2, 0) is 14.4 Å². The molecule has 4 aliphatic carbocycles. The predicted octanol–water partition coefficient (Wildman–Crippen LogP) is 2.95. The van der Waals surface area contributed by atoms with Crippen LogP contribution in [0.5, 0.6) is 0 Å². The number of carboxylic acids is 1. The van der Waals surface area contributed by atoms with Gasteiger partial charge < -0.3 is 15.3 Å². The fourth-order valence-corrected chi connectivity index (χ4v) is 6.89. The lowest BCUT2D eigenvalue weighted by Gasteiger charge is -2.56. The highest BCUT2D eigenvalue weighted by atomic mass is 16.4. The second-order valence-electron chi connectivity index (χ2n) is 9.90. The van der Waals surface area contributed by atoms with E-state index in [1.165, 1.54) is 19.3 Å². The molecular weight excluding hydrogens is 356 g/mol. The average molecular weight is 391 g/mol. The van der Waals surface area contributed by atoms with Gasteiger partial charge in [0.05, 0.1) is 5.41 Å². The number of nitrogens with one attached hydrogen (secondary N) is 1. The normalized spacial score (nSPS) is 37.1. The topological polar surface area (TPSA) is 86.7 Å². The third-order valence-electron chi connectivity index (χ3n) is 7.77. The molecule has 4 saturated carbocycles. The van der Waals surface area contributed by atoms with Crippen LogP contribution in [0.4, 0.5) is 0 Å². The number of carbonyl (C=O) groups is 3. The van der Waals surface area contributed by atoms with E-state index in [9.17, 15) is 19.5 Å². The first-order valence-electron chi connectivity index (χ1n) is 11.3. The Hall–Kier alpha value is -1.59. The summed E-state index contributed by atoms with van der Waals surface area (Å²) < 4.78 is 0. The number of amides is 2. The Morgan fingerprint density at radius 2 is 1.71 bits per heavy atom. The number of aliphatic carboxylic acids is 1. The van der Waals surface area contributed by atoms with Crippen molar-refractivity contribution in [3.63, 3.8) is 0 Å². The van der Waals surface area contributed by atoms with E-state index in [-0.39, 0.29) is 17.2 Å². The third-order valence-corrected chi connectivity index (χ3v) is 7.77. The van der Waals surface area contributed by atoms with Crippen molar-refractivity contribution in [2.75, 3.05) is 6.54 Å². The van der Waals surface area contributed by atoms with Gasteiger partial charge in [0.2, 0.25) is 11.8 Å². The summed E-state index contributed by atoms with van der Waals surface area (Å²) in [4.78, 5) is 39.8. The zero-order chi connectivity index (χ0) is 19.9. The number of carboxylic acid groups (broad SMARTS) is 1. The molecule has 0 radical (unpaired) electrons. The predicted molar refractivity (Wildman–Crippen MR) is 104 cm³/mol. The SMILES string of the molecule is CCCCC(NC(=O)C1CCCN1C(=O)C12CC3CC(CC(C3)C1)C2)C(=O)O. The van der Waals surface area contributed by atoms with Crippen LogP contribution in [0.25, 0.3) is 0 Å². The minimum Gasteiger partial charge on any atom is -0.480 e. The van der Waals surface area contributed by atoms with E-state index in [0.29, 0.717) is 37.1 Å². The Bertz CT molecular complexity index is 611. The summed E-state index contributed by atoms with van der Waals surface area (Å²) >= 11 is 0. The Morgan fingerprint density at radius 1 is 1.11 bits per heavy atom. The number of nitrogens with zero attached hydrogens (tertiary/aromatic N) is 1. The standard InChI is InChI=1S/C22H34N2O4/c1-2-3-5-17(20(26)27)23-19(25)18-6-4-7-24(18)21(28)22-11-14-8-15(12-22)10-16(9-14)13-22/h14-18H,2-13H2,1H3,(H,23,25)(H,26,27). The first-order valence-corrected chi connectivity index (χ1v) is 11.3. The van der Waals surface area contributed by atoms with Gasteiger partial charge in [-0.05, 0) is 75.5 Å². The van der Waals surface area contributed by atoms with E-state index >= 15 is 0 Å². The molecule has 5 aliphatic rings. The van der Waals surface area contributed by atoms with Crippen LogP contribution < -0.4 is 5.32 Å². The van der Waals surface area contributed by atoms with Crippen molar-refractivity contribution < 1.29 is 19.5 Å². The van der Waals surface area contributed by atoms with Gasteiger partial charge in [0.1, 0.15) is 12.1 Å². The van der Waals surface area contributed by atoms with Crippen molar-refractivity contribution in [3.05, 3.63) is 0 Å². The first kappa shape index (κ1) is 19.7. The fraction of sp³-hybridized carbons (Fsp3) is 0.864. The smallest absolute Gasteiger partial charge is 0.326 e. The molecule has 6 heteroatoms. The number of likely N-dealkylation sites (tertiary alicyclic amines) is 1. The van der Waals surface area contributed by atoms with E-state index < -0.39 is 18.1 Å². The van der Waals surface area contributed by atoms with Crippen LogP contribution in [0.3, 0.4) is 0 Å². The second kappa shape index (κ2) is 7.68. The van der Waals surface area contributed by atoms with Gasteiger partial charge in [-0.15, -0.1) is 0 Å². The molecular formula is C22H34N2O4. The molecule has 1 aliphatic heterocycles. The van der Waals surface area contributed by atoms with E-state index in [2.05, 4.69) is 5.32 Å². The summed E-state index contributed by atoms with van der Waals surface area (Å²) in [5.41, 5.74) is -0.244. The number of rotatable bonds is 7. The van der Waals surface area contributed by atoms with Gasteiger partial charge in [0.25, 0.3) is 0 Å². The summed E-state index contributed by atoms with van der Waals surface area (Å²) in [5.74, 6) is 0.990. The van der Waals surface area contributed by atoms with Crippen molar-refractivity contribution in [1.29, 1.82) is 0 Å². The minimum atomic E-state index is -0.987. The summed E-state index contributed by atoms with van der Waals surface area (Å²) in [5, 5.41) is 12.1. The largest absolute Gasteiger partial charge is 0.480 e. The molecule has 1 heterocycles. The molecule has 28 heavy (non-hydrogen) atoms. The molecule has 0 aromatic carbocycles. The highest BCUT2D eigenvalue weighted by Crippen LogP contribution is 2.60. The van der Waals surface area contributed by atoms with Crippen LogP contribution in [0.2, 0.25) is 0 Å². The second-order valence-corrected chi connectivity index (χ2v) is 9.90. The maximum absolute atomic E-state index is 13.6. The number of carbonyl (C=O) groups excluding carboxylic acids is 2. The Balaban J connectivity index is 1.45. The summed E-state index contributed by atoms with van der Waals surface area (Å²) in [6.07, 6.45) is 10.4. The van der Waals surface area contributed by atoms with Gasteiger partial charge in [-0.25, -0.2) is 4.79 Å². The third kappa shape index (κ3) is 3.55. The minimum absolute atomic E-state index is 0.185. The van der Waals surface area contributed by atoms with Crippen LogP contribution >= 0.6 is 0 Å². The van der Waals surface area contributed by atoms with Gasteiger partial charge in [0, 0.05) is 6.54 Å². The molecule has 5 fully saturated rings. The van der Waals surface area contributed by atoms with Gasteiger partial charge in [-0.1, -0.05) is 19.8 Å². The summed E-state index contributed by atoms with van der Waals surface area (Å²) in [6.45, 7) is 2.63. The van der Waals surface area contributed by atoms with E-state index in [0.717, 1.165) is 38.5 Å². The lowest BCUT2D eigenvalue weighted by molar-refractivity contribution is -0.160. The van der Waals surface area contributed by atoms with Crippen LogP contribution in [-0.4, -0.2) is 46.4 Å². The molecule has 0 aromatic heterocycles. The Morgan fingerprint density at radius 3 is 2.25 bits per heavy atom. The van der Waals surface area contributed by atoms with Crippen LogP contribution in [0.1, 0.15) is 77.6 Å². The molecule has 2 amide bonds. The summed E-state index contributed by atoms with van der Waals surface area (Å²) in [6, 6.07) is -1.35. The first-order chi connectivity index (χ1) is 13.4. The molecule has 2 N–H and O–H groups in total. The van der Waals surface area contributed by atoms with E-state index in [1.54, 1.807) is 4.90 Å². The highest BCUT2D eigenvalue weighted by molar-refractivity contribution is 5.92. The van der Waals surface area contributed by atoms with E-state index in [4.69, 9.17) is 0 Å². The molecule has 156 valence electrons. The zero-order valence-electron chi connectivity index (χ0n) is 17.0. The molecule has 2 unspecified atom stereocenters. The van der Waals surface area contributed by atoms with Gasteiger partial charge in [-0.3, -0.25) is 9.59 Å². The molecule has 0 spiro atoms. The van der Waals surface area contributed by atoms with Crippen molar-refractivity contribution in [1.82, 2.24) is 10.2 Å². The summed E-state index contributed by atoms with van der Waals surface area (Å²) in [7, 11) is 0. The maximum atomic E-state index is 13.6. The lowest BCUT2D eigenvalue weighted by atomic mass is 9.49. The van der Waals surface area contributed by atoms with Gasteiger partial charge in [0.15, 0.2) is 0 Å². The molecule has 0 aromatic rings. The molecule has 2 atom stereocenters. The van der Waals surface area contributed by atoms with Crippen molar-refractivity contribution in [3.8, 4) is 0 Å². The monoisotopic (exact) mass is 390 g/mol. The van der Waals surface area contributed by atoms with Gasteiger partial charge in [-0.2, -0.15) is 0 Å². The van der Waals surface area contributed by atoms with Crippen molar-refractivity contribution >= 4 is 17.8 Å². The van der Waals surface area contributed by atoms with Gasteiger partial charge >= 0.3 is 5.97 Å². The van der Waals surface area contributed by atoms with Crippen LogP contribution in [0.15, 0.2) is 0 Å². The Labute approximate surface area is 167 Å². The Kier molecular flexibility index (Phi) is 5.41. The lowest BCUT2D eigenvalue weighted by Crippen LogP contribution is -2.58.